The van der Waals surface area contributed by atoms with Crippen LogP contribution in [-0.4, -0.2) is 61.8 Å². The van der Waals surface area contributed by atoms with Crippen LogP contribution in [0.1, 0.15) is 31.0 Å². The van der Waals surface area contributed by atoms with Crippen LogP contribution >= 0.6 is 0 Å². The molecule has 2 aliphatic heterocycles. The van der Waals surface area contributed by atoms with E-state index < -0.39 is 10.0 Å². The molecule has 22 heavy (non-hydrogen) atoms. The Labute approximate surface area is 131 Å². The predicted molar refractivity (Wildman–Crippen MR) is 83.2 cm³/mol. The SMILES string of the molecule is CS(=O)(=O)N1CCCC[C@@H]1c1cncc(N2CCOCC2)n1. The summed E-state index contributed by atoms with van der Waals surface area (Å²) in [6.07, 6.45) is 7.42. The maximum Gasteiger partial charge on any atom is 0.211 e. The van der Waals surface area contributed by atoms with Crippen LogP contribution in [0, 0.1) is 0 Å². The number of morpholine rings is 1. The molecule has 0 spiro atoms. The average Bonchev–Trinajstić information content (AvgIpc) is 2.55. The number of hydrogen-bond donors (Lipinski definition) is 0. The molecule has 0 aromatic carbocycles. The van der Waals surface area contributed by atoms with E-state index in [0.717, 1.165) is 43.9 Å². The maximum atomic E-state index is 12.0. The van der Waals surface area contributed by atoms with Crippen molar-refractivity contribution in [1.82, 2.24) is 14.3 Å². The molecule has 3 heterocycles. The van der Waals surface area contributed by atoms with Crippen LogP contribution in [-0.2, 0) is 14.8 Å². The first kappa shape index (κ1) is 15.6. The Morgan fingerprint density at radius 1 is 1.18 bits per heavy atom. The number of nitrogens with zero attached hydrogens (tertiary/aromatic N) is 4. The van der Waals surface area contributed by atoms with Gasteiger partial charge in [0, 0.05) is 19.6 Å². The summed E-state index contributed by atoms with van der Waals surface area (Å²) in [6, 6.07) is -0.197. The minimum absolute atomic E-state index is 0.197. The Kier molecular flexibility index (Phi) is 4.60. The van der Waals surface area contributed by atoms with Gasteiger partial charge in [0.05, 0.1) is 43.6 Å². The first-order valence-corrected chi connectivity index (χ1v) is 9.52. The highest BCUT2D eigenvalue weighted by atomic mass is 32.2. The molecule has 1 aromatic heterocycles. The van der Waals surface area contributed by atoms with Gasteiger partial charge in [-0.3, -0.25) is 4.98 Å². The lowest BCUT2D eigenvalue weighted by Gasteiger charge is -2.34. The fourth-order valence-corrected chi connectivity index (χ4v) is 4.21. The number of rotatable bonds is 3. The van der Waals surface area contributed by atoms with Gasteiger partial charge < -0.3 is 9.64 Å². The van der Waals surface area contributed by atoms with Gasteiger partial charge in [0.1, 0.15) is 5.82 Å². The molecule has 8 heteroatoms. The van der Waals surface area contributed by atoms with E-state index >= 15 is 0 Å². The number of piperidine rings is 1. The monoisotopic (exact) mass is 326 g/mol. The highest BCUT2D eigenvalue weighted by molar-refractivity contribution is 7.88. The Bertz CT molecular complexity index is 616. The van der Waals surface area contributed by atoms with Crippen molar-refractivity contribution in [2.24, 2.45) is 0 Å². The molecule has 2 aliphatic rings. The summed E-state index contributed by atoms with van der Waals surface area (Å²) >= 11 is 0. The second-order valence-corrected chi connectivity index (χ2v) is 7.72. The third kappa shape index (κ3) is 3.39. The van der Waals surface area contributed by atoms with Gasteiger partial charge in [0.25, 0.3) is 0 Å². The van der Waals surface area contributed by atoms with Crippen molar-refractivity contribution in [1.29, 1.82) is 0 Å². The van der Waals surface area contributed by atoms with Gasteiger partial charge in [0.2, 0.25) is 10.0 Å². The summed E-state index contributed by atoms with van der Waals surface area (Å²) in [5.41, 5.74) is 0.745. The van der Waals surface area contributed by atoms with Gasteiger partial charge in [-0.25, -0.2) is 13.4 Å². The fraction of sp³-hybridized carbons (Fsp3) is 0.714. The van der Waals surface area contributed by atoms with Crippen LogP contribution in [0.25, 0.3) is 0 Å². The van der Waals surface area contributed by atoms with Crippen LogP contribution in [0.5, 0.6) is 0 Å². The summed E-state index contributed by atoms with van der Waals surface area (Å²) < 4.78 is 30.9. The van der Waals surface area contributed by atoms with E-state index in [1.807, 2.05) is 0 Å². The molecule has 0 unspecified atom stereocenters. The van der Waals surface area contributed by atoms with Crippen molar-refractivity contribution in [2.45, 2.75) is 25.3 Å². The van der Waals surface area contributed by atoms with Gasteiger partial charge in [-0.15, -0.1) is 0 Å². The van der Waals surface area contributed by atoms with E-state index in [4.69, 9.17) is 4.74 Å². The fourth-order valence-electron chi connectivity index (χ4n) is 3.07. The topological polar surface area (TPSA) is 75.6 Å². The first-order valence-electron chi connectivity index (χ1n) is 7.67. The lowest BCUT2D eigenvalue weighted by Crippen LogP contribution is -2.39. The summed E-state index contributed by atoms with van der Waals surface area (Å²) in [6.45, 7) is 3.51. The smallest absolute Gasteiger partial charge is 0.211 e. The summed E-state index contributed by atoms with van der Waals surface area (Å²) in [5, 5.41) is 0. The third-order valence-electron chi connectivity index (χ3n) is 4.20. The maximum absolute atomic E-state index is 12.0. The van der Waals surface area contributed by atoms with Crippen molar-refractivity contribution < 1.29 is 13.2 Å². The molecule has 0 aliphatic carbocycles. The van der Waals surface area contributed by atoms with E-state index in [1.165, 1.54) is 6.26 Å². The van der Waals surface area contributed by atoms with Crippen LogP contribution in [0.2, 0.25) is 0 Å². The molecule has 0 saturated carbocycles. The molecule has 122 valence electrons. The van der Waals surface area contributed by atoms with Crippen LogP contribution < -0.4 is 4.90 Å². The van der Waals surface area contributed by atoms with E-state index in [9.17, 15) is 8.42 Å². The highest BCUT2D eigenvalue weighted by Crippen LogP contribution is 2.32. The van der Waals surface area contributed by atoms with E-state index in [-0.39, 0.29) is 6.04 Å². The second-order valence-electron chi connectivity index (χ2n) is 5.79. The summed E-state index contributed by atoms with van der Waals surface area (Å²) in [5.74, 6) is 0.805. The largest absolute Gasteiger partial charge is 0.378 e. The van der Waals surface area contributed by atoms with Gasteiger partial charge in [-0.2, -0.15) is 4.31 Å². The van der Waals surface area contributed by atoms with Crippen molar-refractivity contribution in [3.63, 3.8) is 0 Å². The van der Waals surface area contributed by atoms with Crippen molar-refractivity contribution in [3.8, 4) is 0 Å². The minimum atomic E-state index is -3.23. The number of hydrogen-bond acceptors (Lipinski definition) is 6. The van der Waals surface area contributed by atoms with Gasteiger partial charge >= 0.3 is 0 Å². The molecule has 1 aromatic rings. The predicted octanol–water partition coefficient (Wildman–Crippen LogP) is 0.800. The van der Waals surface area contributed by atoms with E-state index in [0.29, 0.717) is 19.8 Å². The van der Waals surface area contributed by atoms with Gasteiger partial charge in [-0.1, -0.05) is 6.42 Å². The number of anilines is 1. The molecule has 2 saturated heterocycles. The molecule has 0 bridgehead atoms. The molecule has 0 radical (unpaired) electrons. The summed E-state index contributed by atoms with van der Waals surface area (Å²) in [7, 11) is -3.23. The van der Waals surface area contributed by atoms with Crippen molar-refractivity contribution in [2.75, 3.05) is 44.0 Å². The minimum Gasteiger partial charge on any atom is -0.378 e. The number of aromatic nitrogens is 2. The zero-order valence-corrected chi connectivity index (χ0v) is 13.6. The molecular weight excluding hydrogens is 304 g/mol. The van der Waals surface area contributed by atoms with Crippen molar-refractivity contribution in [3.05, 3.63) is 18.1 Å². The molecular formula is C14H22N4O3S. The molecule has 2 fully saturated rings. The van der Waals surface area contributed by atoms with Gasteiger partial charge in [0.15, 0.2) is 0 Å². The molecule has 0 N–H and O–H groups in total. The molecule has 7 nitrogen and oxygen atoms in total. The lowest BCUT2D eigenvalue weighted by atomic mass is 10.0. The Balaban J connectivity index is 1.86. The number of ether oxygens (including phenoxy) is 1. The van der Waals surface area contributed by atoms with Crippen LogP contribution in [0.4, 0.5) is 5.82 Å². The molecule has 0 amide bonds. The quantitative estimate of drug-likeness (QED) is 0.818. The Morgan fingerprint density at radius 3 is 2.68 bits per heavy atom. The van der Waals surface area contributed by atoms with Crippen molar-refractivity contribution >= 4 is 15.8 Å². The lowest BCUT2D eigenvalue weighted by molar-refractivity contribution is 0.122. The average molecular weight is 326 g/mol. The molecule has 3 rings (SSSR count). The summed E-state index contributed by atoms with van der Waals surface area (Å²) in [4.78, 5) is 11.1. The van der Waals surface area contributed by atoms with E-state index in [1.54, 1.807) is 16.7 Å². The Morgan fingerprint density at radius 2 is 1.95 bits per heavy atom. The van der Waals surface area contributed by atoms with Gasteiger partial charge in [-0.05, 0) is 12.8 Å². The van der Waals surface area contributed by atoms with Crippen LogP contribution in [0.3, 0.4) is 0 Å². The zero-order chi connectivity index (χ0) is 15.6. The highest BCUT2D eigenvalue weighted by Gasteiger charge is 2.32. The number of sulfonamides is 1. The zero-order valence-electron chi connectivity index (χ0n) is 12.8. The van der Waals surface area contributed by atoms with E-state index in [2.05, 4.69) is 14.9 Å². The standard InChI is InChI=1S/C14H22N4O3S/c1-22(19,20)18-5-3-2-4-13(18)12-10-15-11-14(16-12)17-6-8-21-9-7-17/h10-11,13H,2-9H2,1H3/t13-/m1/s1. The Hall–Kier alpha value is -1.25. The normalized spacial score (nSPS) is 24.4. The second kappa shape index (κ2) is 6.47. The third-order valence-corrected chi connectivity index (χ3v) is 5.49. The first-order chi connectivity index (χ1) is 10.6. The van der Waals surface area contributed by atoms with Crippen LogP contribution in [0.15, 0.2) is 12.4 Å². The molecule has 1 atom stereocenters.